The van der Waals surface area contributed by atoms with E-state index in [1.807, 2.05) is 0 Å². The Bertz CT molecular complexity index is 132. The van der Waals surface area contributed by atoms with Crippen molar-refractivity contribution in [1.29, 1.82) is 0 Å². The lowest BCUT2D eigenvalue weighted by atomic mass is 10.3. The third-order valence-corrected chi connectivity index (χ3v) is 1.03. The zero-order chi connectivity index (χ0) is 8.91. The molecule has 0 amide bonds. The lowest BCUT2D eigenvalue weighted by Crippen LogP contribution is -2.09. The van der Waals surface area contributed by atoms with Crippen LogP contribution in [-0.2, 0) is 4.74 Å². The standard InChI is InChI=1S/C6H9F3OS/c1-5(11)10-4-2-3-6(7,8)9/h2-4H2,1H3. The van der Waals surface area contributed by atoms with E-state index in [2.05, 4.69) is 17.0 Å². The van der Waals surface area contributed by atoms with E-state index in [0.29, 0.717) is 0 Å². The summed E-state index contributed by atoms with van der Waals surface area (Å²) in [7, 11) is 0. The summed E-state index contributed by atoms with van der Waals surface area (Å²) in [5, 5.41) is 0.284. The van der Waals surface area contributed by atoms with Crippen LogP contribution in [0, 0.1) is 0 Å². The molecule has 1 nitrogen and oxygen atoms in total. The van der Waals surface area contributed by atoms with Gasteiger partial charge in [-0.15, -0.1) is 0 Å². The van der Waals surface area contributed by atoms with Crippen molar-refractivity contribution in [3.8, 4) is 0 Å². The average Bonchev–Trinajstić information content (AvgIpc) is 1.78. The minimum absolute atomic E-state index is 0.0303. The first-order chi connectivity index (χ1) is 4.92. The molecule has 0 aromatic carbocycles. The van der Waals surface area contributed by atoms with E-state index in [1.54, 1.807) is 0 Å². The number of halogens is 3. The fourth-order valence-corrected chi connectivity index (χ4v) is 0.572. The topological polar surface area (TPSA) is 9.23 Å². The van der Waals surface area contributed by atoms with E-state index in [0.717, 1.165) is 0 Å². The molecule has 0 heterocycles. The molecule has 0 aromatic rings. The van der Waals surface area contributed by atoms with Gasteiger partial charge in [-0.2, -0.15) is 13.2 Å². The van der Waals surface area contributed by atoms with Crippen molar-refractivity contribution in [2.24, 2.45) is 0 Å². The van der Waals surface area contributed by atoms with Gasteiger partial charge < -0.3 is 4.74 Å². The van der Waals surface area contributed by atoms with Gasteiger partial charge in [0.2, 0.25) is 0 Å². The van der Waals surface area contributed by atoms with Gasteiger partial charge in [-0.3, -0.25) is 0 Å². The Balaban J connectivity index is 3.22. The van der Waals surface area contributed by atoms with Crippen LogP contribution < -0.4 is 0 Å². The minimum atomic E-state index is -4.08. The summed E-state index contributed by atoms with van der Waals surface area (Å²) >= 11 is 4.50. The van der Waals surface area contributed by atoms with Crippen LogP contribution in [0.15, 0.2) is 0 Å². The summed E-state index contributed by atoms with van der Waals surface area (Å²) in [6, 6.07) is 0. The highest BCUT2D eigenvalue weighted by Crippen LogP contribution is 2.20. The van der Waals surface area contributed by atoms with E-state index >= 15 is 0 Å². The van der Waals surface area contributed by atoms with Gasteiger partial charge in [-0.05, 0) is 18.6 Å². The Kier molecular flexibility index (Phi) is 4.40. The Hall–Kier alpha value is -0.320. The molecule has 11 heavy (non-hydrogen) atoms. The number of thiocarbonyl (C=S) groups is 1. The number of rotatable bonds is 3. The molecule has 5 heteroatoms. The third-order valence-electron chi connectivity index (χ3n) is 0.910. The van der Waals surface area contributed by atoms with Crippen molar-refractivity contribution in [2.45, 2.75) is 25.9 Å². The molecule has 0 radical (unpaired) electrons. The lowest BCUT2D eigenvalue weighted by molar-refractivity contribution is -0.136. The van der Waals surface area contributed by atoms with Crippen LogP contribution in [0.25, 0.3) is 0 Å². The van der Waals surface area contributed by atoms with Gasteiger partial charge in [0, 0.05) is 13.3 Å². The van der Waals surface area contributed by atoms with Crippen molar-refractivity contribution in [3.63, 3.8) is 0 Å². The van der Waals surface area contributed by atoms with Crippen molar-refractivity contribution >= 4 is 17.3 Å². The fourth-order valence-electron chi connectivity index (χ4n) is 0.489. The van der Waals surface area contributed by atoms with Crippen molar-refractivity contribution in [1.82, 2.24) is 0 Å². The van der Waals surface area contributed by atoms with E-state index in [9.17, 15) is 13.2 Å². The van der Waals surface area contributed by atoms with Gasteiger partial charge in [-0.1, -0.05) is 0 Å². The third kappa shape index (κ3) is 9.68. The molecule has 0 aromatic heterocycles. The smallest absolute Gasteiger partial charge is 0.389 e. The van der Waals surface area contributed by atoms with Gasteiger partial charge >= 0.3 is 6.18 Å². The summed E-state index contributed by atoms with van der Waals surface area (Å²) in [4.78, 5) is 0. The SMILES string of the molecule is CC(=S)OCCCC(F)(F)F. The fraction of sp³-hybridized carbons (Fsp3) is 0.833. The van der Waals surface area contributed by atoms with Crippen LogP contribution in [0.5, 0.6) is 0 Å². The van der Waals surface area contributed by atoms with E-state index < -0.39 is 12.6 Å². The summed E-state index contributed by atoms with van der Waals surface area (Å²) in [6.45, 7) is 1.58. The normalized spacial score (nSPS) is 11.3. The molecule has 0 N–H and O–H groups in total. The molecule has 66 valence electrons. The molecule has 0 rings (SSSR count). The first-order valence-corrected chi connectivity index (χ1v) is 3.53. The predicted octanol–water partition coefficient (Wildman–Crippen LogP) is 2.69. The Morgan fingerprint density at radius 3 is 2.36 bits per heavy atom. The zero-order valence-electron chi connectivity index (χ0n) is 6.07. The Labute approximate surface area is 68.5 Å². The van der Waals surface area contributed by atoms with E-state index in [-0.39, 0.29) is 18.1 Å². The highest BCUT2D eigenvalue weighted by Gasteiger charge is 2.25. The molecule has 0 bridgehead atoms. The monoisotopic (exact) mass is 186 g/mol. The van der Waals surface area contributed by atoms with Gasteiger partial charge in [0.25, 0.3) is 0 Å². The maximum Gasteiger partial charge on any atom is 0.389 e. The van der Waals surface area contributed by atoms with Crippen LogP contribution in [-0.4, -0.2) is 17.8 Å². The molecule has 0 aliphatic carbocycles. The van der Waals surface area contributed by atoms with Crippen LogP contribution in [0.3, 0.4) is 0 Å². The predicted molar refractivity (Wildman–Crippen MR) is 39.5 cm³/mol. The van der Waals surface area contributed by atoms with Gasteiger partial charge in [0.05, 0.1) is 6.61 Å². The van der Waals surface area contributed by atoms with Crippen LogP contribution >= 0.6 is 12.2 Å². The summed E-state index contributed by atoms with van der Waals surface area (Å²) in [5.41, 5.74) is 0. The number of alkyl halides is 3. The molecule has 0 saturated carbocycles. The summed E-state index contributed by atoms with van der Waals surface area (Å²) < 4.78 is 39.1. The van der Waals surface area contributed by atoms with Crippen LogP contribution in [0.2, 0.25) is 0 Å². The Morgan fingerprint density at radius 1 is 1.45 bits per heavy atom. The molecule has 0 aliphatic rings. The molecule has 0 saturated heterocycles. The summed E-state index contributed by atoms with van der Waals surface area (Å²) in [6.07, 6.45) is -4.92. The summed E-state index contributed by atoms with van der Waals surface area (Å²) in [5.74, 6) is 0. The van der Waals surface area contributed by atoms with Gasteiger partial charge in [0.1, 0.15) is 0 Å². The highest BCUT2D eigenvalue weighted by molar-refractivity contribution is 7.80. The molecular formula is C6H9F3OS. The average molecular weight is 186 g/mol. The van der Waals surface area contributed by atoms with E-state index in [1.165, 1.54) is 6.92 Å². The van der Waals surface area contributed by atoms with Crippen LogP contribution in [0.4, 0.5) is 13.2 Å². The van der Waals surface area contributed by atoms with Crippen molar-refractivity contribution in [3.05, 3.63) is 0 Å². The molecule has 0 spiro atoms. The minimum Gasteiger partial charge on any atom is -0.487 e. The van der Waals surface area contributed by atoms with Crippen molar-refractivity contribution in [2.75, 3.05) is 6.61 Å². The molecule has 0 unspecified atom stereocenters. The van der Waals surface area contributed by atoms with Gasteiger partial charge in [0.15, 0.2) is 5.05 Å². The zero-order valence-corrected chi connectivity index (χ0v) is 6.89. The second-order valence-electron chi connectivity index (χ2n) is 2.06. The molecule has 0 atom stereocenters. The number of hydrogen-bond donors (Lipinski definition) is 0. The maximum atomic E-state index is 11.5. The first kappa shape index (κ1) is 10.7. The molecular weight excluding hydrogens is 177 g/mol. The largest absolute Gasteiger partial charge is 0.487 e. The van der Waals surface area contributed by atoms with E-state index in [4.69, 9.17) is 0 Å². The number of ether oxygens (including phenoxy) is 1. The Morgan fingerprint density at radius 2 is 2.00 bits per heavy atom. The quantitative estimate of drug-likeness (QED) is 0.495. The second kappa shape index (κ2) is 4.54. The van der Waals surface area contributed by atoms with Crippen molar-refractivity contribution < 1.29 is 17.9 Å². The lowest BCUT2D eigenvalue weighted by Gasteiger charge is -2.06. The first-order valence-electron chi connectivity index (χ1n) is 3.12. The maximum absolute atomic E-state index is 11.5. The molecule has 0 fully saturated rings. The molecule has 0 aliphatic heterocycles. The highest BCUT2D eigenvalue weighted by atomic mass is 32.1. The second-order valence-corrected chi connectivity index (χ2v) is 2.63. The van der Waals surface area contributed by atoms with Gasteiger partial charge in [-0.25, -0.2) is 0 Å². The number of hydrogen-bond acceptors (Lipinski definition) is 2. The van der Waals surface area contributed by atoms with Crippen LogP contribution in [0.1, 0.15) is 19.8 Å².